The maximum absolute atomic E-state index is 12.0. The lowest BCUT2D eigenvalue weighted by molar-refractivity contribution is 0.0140. The van der Waals surface area contributed by atoms with Crippen molar-refractivity contribution in [2.75, 3.05) is 0 Å². The lowest BCUT2D eigenvalue weighted by Gasteiger charge is -2.28. The molecule has 1 aliphatic rings. The number of aromatic nitrogens is 1. The van der Waals surface area contributed by atoms with Crippen molar-refractivity contribution in [1.82, 2.24) is 4.98 Å². The number of carbonyl (C=O) groups is 1. The van der Waals surface area contributed by atoms with E-state index >= 15 is 0 Å². The van der Waals surface area contributed by atoms with Crippen molar-refractivity contribution in [2.24, 2.45) is 5.92 Å². The van der Waals surface area contributed by atoms with E-state index in [-0.39, 0.29) is 12.1 Å². The molecule has 0 aromatic carbocycles. The van der Waals surface area contributed by atoms with Gasteiger partial charge in [0.1, 0.15) is 6.10 Å². The van der Waals surface area contributed by atoms with E-state index in [0.29, 0.717) is 16.5 Å². The molecule has 2 atom stereocenters. The van der Waals surface area contributed by atoms with Crippen molar-refractivity contribution in [3.8, 4) is 0 Å². The normalized spacial score (nSPS) is 23.7. The van der Waals surface area contributed by atoms with Gasteiger partial charge < -0.3 is 4.74 Å². The fraction of sp³-hybridized carbons (Fsp3) is 0.571. The van der Waals surface area contributed by atoms with Gasteiger partial charge in [0.05, 0.1) is 10.6 Å². The van der Waals surface area contributed by atoms with Crippen LogP contribution in [0.25, 0.3) is 0 Å². The zero-order chi connectivity index (χ0) is 13.0. The molecule has 0 aliphatic heterocycles. The summed E-state index contributed by atoms with van der Waals surface area (Å²) >= 11 is 5.95. The van der Waals surface area contributed by atoms with E-state index in [4.69, 9.17) is 16.3 Å². The van der Waals surface area contributed by atoms with Gasteiger partial charge in [-0.05, 0) is 31.2 Å². The van der Waals surface area contributed by atoms with Crippen molar-refractivity contribution in [3.05, 3.63) is 29.0 Å². The van der Waals surface area contributed by atoms with Crippen LogP contribution in [0.3, 0.4) is 0 Å². The van der Waals surface area contributed by atoms with Crippen LogP contribution >= 0.6 is 11.6 Å². The summed E-state index contributed by atoms with van der Waals surface area (Å²) in [5.41, 5.74) is 0.359. The lowest BCUT2D eigenvalue weighted by Crippen LogP contribution is -2.25. The summed E-state index contributed by atoms with van der Waals surface area (Å²) in [6.07, 6.45) is 8.53. The summed E-state index contributed by atoms with van der Waals surface area (Å²) in [5.74, 6) is 0.329. The molecule has 2 unspecified atom stereocenters. The first-order chi connectivity index (χ1) is 8.70. The van der Waals surface area contributed by atoms with Crippen molar-refractivity contribution in [2.45, 2.75) is 45.1 Å². The van der Waals surface area contributed by atoms with Crippen LogP contribution in [0.1, 0.15) is 49.4 Å². The number of halogens is 1. The highest BCUT2D eigenvalue weighted by atomic mass is 35.5. The molecule has 1 saturated carbocycles. The number of rotatable bonds is 3. The van der Waals surface area contributed by atoms with Gasteiger partial charge >= 0.3 is 5.97 Å². The Morgan fingerprint density at radius 2 is 2.39 bits per heavy atom. The third kappa shape index (κ3) is 3.22. The Morgan fingerprint density at radius 3 is 3.11 bits per heavy atom. The Balaban J connectivity index is 1.97. The van der Waals surface area contributed by atoms with E-state index < -0.39 is 0 Å². The quantitative estimate of drug-likeness (QED) is 0.781. The second-order valence-electron chi connectivity index (χ2n) is 4.82. The molecule has 98 valence electrons. The average Bonchev–Trinajstić information content (AvgIpc) is 2.39. The Morgan fingerprint density at radius 1 is 1.56 bits per heavy atom. The second-order valence-corrected chi connectivity index (χ2v) is 5.23. The second kappa shape index (κ2) is 6.19. The van der Waals surface area contributed by atoms with Crippen molar-refractivity contribution in [3.63, 3.8) is 0 Å². The van der Waals surface area contributed by atoms with Gasteiger partial charge in [0.2, 0.25) is 0 Å². The topological polar surface area (TPSA) is 39.2 Å². The molecule has 0 spiro atoms. The van der Waals surface area contributed by atoms with Gasteiger partial charge in [-0.3, -0.25) is 4.98 Å². The number of hydrogen-bond donors (Lipinski definition) is 0. The van der Waals surface area contributed by atoms with E-state index in [1.165, 1.54) is 12.6 Å². The van der Waals surface area contributed by atoms with Crippen LogP contribution in [-0.2, 0) is 4.74 Å². The van der Waals surface area contributed by atoms with E-state index in [1.807, 2.05) is 0 Å². The third-order valence-electron chi connectivity index (χ3n) is 3.57. The monoisotopic (exact) mass is 267 g/mol. The number of nitrogens with zero attached hydrogens (tertiary/aromatic N) is 1. The van der Waals surface area contributed by atoms with Crippen LogP contribution in [-0.4, -0.2) is 17.1 Å². The summed E-state index contributed by atoms with van der Waals surface area (Å²) in [5, 5.41) is 0.401. The average molecular weight is 268 g/mol. The first-order valence-corrected chi connectivity index (χ1v) is 6.89. The van der Waals surface area contributed by atoms with Crippen LogP contribution in [0.4, 0.5) is 0 Å². The van der Waals surface area contributed by atoms with Gasteiger partial charge in [-0.25, -0.2) is 4.79 Å². The largest absolute Gasteiger partial charge is 0.459 e. The molecule has 1 heterocycles. The molecule has 4 heteroatoms. The summed E-state index contributed by atoms with van der Waals surface area (Å²) < 4.78 is 5.53. The molecule has 1 aromatic heterocycles. The van der Waals surface area contributed by atoms with Crippen LogP contribution in [0.5, 0.6) is 0 Å². The van der Waals surface area contributed by atoms with Crippen LogP contribution in [0.15, 0.2) is 18.5 Å². The Labute approximate surface area is 113 Å². The molecule has 3 nitrogen and oxygen atoms in total. The SMILES string of the molecule is CCC1CCCC(OC(=O)c2cnccc2Cl)C1. The first-order valence-electron chi connectivity index (χ1n) is 6.51. The van der Waals surface area contributed by atoms with Gasteiger partial charge in [0.15, 0.2) is 0 Å². The molecule has 0 saturated heterocycles. The van der Waals surface area contributed by atoms with Crippen LogP contribution < -0.4 is 0 Å². The Bertz CT molecular complexity index is 422. The predicted molar refractivity (Wildman–Crippen MR) is 70.7 cm³/mol. The Hall–Kier alpha value is -1.09. The highest BCUT2D eigenvalue weighted by molar-refractivity contribution is 6.33. The maximum Gasteiger partial charge on any atom is 0.341 e. The molecule has 0 radical (unpaired) electrons. The van der Waals surface area contributed by atoms with Crippen molar-refractivity contribution < 1.29 is 9.53 Å². The smallest absolute Gasteiger partial charge is 0.341 e. The molecular formula is C14H18ClNO2. The summed E-state index contributed by atoms with van der Waals surface area (Å²) in [6, 6.07) is 1.61. The number of hydrogen-bond acceptors (Lipinski definition) is 3. The van der Waals surface area contributed by atoms with Crippen LogP contribution in [0, 0.1) is 5.92 Å². The molecule has 0 N–H and O–H groups in total. The highest BCUT2D eigenvalue weighted by Crippen LogP contribution is 2.29. The van der Waals surface area contributed by atoms with E-state index in [9.17, 15) is 4.79 Å². The number of esters is 1. The van der Waals surface area contributed by atoms with Crippen molar-refractivity contribution >= 4 is 17.6 Å². The highest BCUT2D eigenvalue weighted by Gasteiger charge is 2.24. The van der Waals surface area contributed by atoms with Crippen molar-refractivity contribution in [1.29, 1.82) is 0 Å². The molecule has 1 fully saturated rings. The molecule has 2 rings (SSSR count). The summed E-state index contributed by atoms with van der Waals surface area (Å²) in [7, 11) is 0. The number of ether oxygens (including phenoxy) is 1. The van der Waals surface area contributed by atoms with Gasteiger partial charge in [-0.2, -0.15) is 0 Å². The standard InChI is InChI=1S/C14H18ClNO2/c1-2-10-4-3-5-11(8-10)18-14(17)12-9-16-7-6-13(12)15/h6-7,9-11H,2-5,8H2,1H3. The van der Waals surface area contributed by atoms with Gasteiger partial charge in [0, 0.05) is 12.4 Å². The third-order valence-corrected chi connectivity index (χ3v) is 3.90. The molecule has 1 aromatic rings. The minimum absolute atomic E-state index is 0.0347. The summed E-state index contributed by atoms with van der Waals surface area (Å²) in [4.78, 5) is 15.9. The van der Waals surface area contributed by atoms with E-state index in [1.54, 1.807) is 12.3 Å². The molecule has 18 heavy (non-hydrogen) atoms. The Kier molecular flexibility index (Phi) is 4.59. The maximum atomic E-state index is 12.0. The molecule has 0 bridgehead atoms. The predicted octanol–water partition coefficient (Wildman–Crippen LogP) is 3.86. The fourth-order valence-corrected chi connectivity index (χ4v) is 2.64. The van der Waals surface area contributed by atoms with E-state index in [2.05, 4.69) is 11.9 Å². The van der Waals surface area contributed by atoms with Gasteiger partial charge in [-0.15, -0.1) is 0 Å². The van der Waals surface area contributed by atoms with Gasteiger partial charge in [0.25, 0.3) is 0 Å². The minimum Gasteiger partial charge on any atom is -0.459 e. The number of pyridine rings is 1. The van der Waals surface area contributed by atoms with E-state index in [0.717, 1.165) is 25.7 Å². The first kappa shape index (κ1) is 13.3. The molecular weight excluding hydrogens is 250 g/mol. The zero-order valence-electron chi connectivity index (χ0n) is 10.6. The van der Waals surface area contributed by atoms with Gasteiger partial charge in [-0.1, -0.05) is 31.4 Å². The minimum atomic E-state index is -0.352. The zero-order valence-corrected chi connectivity index (χ0v) is 11.3. The van der Waals surface area contributed by atoms with Crippen LogP contribution in [0.2, 0.25) is 5.02 Å². The molecule has 1 aliphatic carbocycles. The molecule has 0 amide bonds. The number of carbonyl (C=O) groups excluding carboxylic acids is 1. The fourth-order valence-electron chi connectivity index (χ4n) is 2.46. The summed E-state index contributed by atoms with van der Waals surface area (Å²) in [6.45, 7) is 2.19. The lowest BCUT2D eigenvalue weighted by atomic mass is 9.85.